The fraction of sp³-hybridized carbons (Fsp3) is 0.778. The molecule has 0 atom stereocenters. The zero-order chi connectivity index (χ0) is 9.52. The Labute approximate surface area is 83.5 Å². The number of aromatic nitrogens is 2. The molecule has 74 valence electrons. The third kappa shape index (κ3) is 4.27. The van der Waals surface area contributed by atoms with Gasteiger partial charge < -0.3 is 4.52 Å². The summed E-state index contributed by atoms with van der Waals surface area (Å²) >= 11 is 5.48. The number of aryl methyl sites for hydroxylation is 1. The molecule has 0 aliphatic carbocycles. The first-order valence-electron chi connectivity index (χ1n) is 4.81. The third-order valence-corrected chi connectivity index (χ3v) is 2.10. The summed E-state index contributed by atoms with van der Waals surface area (Å²) in [5.74, 6) is 0.724. The van der Waals surface area contributed by atoms with Gasteiger partial charge in [0.15, 0.2) is 5.82 Å². The van der Waals surface area contributed by atoms with Gasteiger partial charge in [-0.3, -0.25) is 0 Å². The first kappa shape index (κ1) is 10.5. The average molecular weight is 203 g/mol. The topological polar surface area (TPSA) is 38.9 Å². The molecule has 0 aliphatic heterocycles. The van der Waals surface area contributed by atoms with Gasteiger partial charge in [-0.2, -0.15) is 4.98 Å². The molecule has 1 heterocycles. The molecule has 1 aromatic rings. The van der Waals surface area contributed by atoms with Crippen molar-refractivity contribution < 1.29 is 4.52 Å². The predicted molar refractivity (Wildman–Crippen MR) is 51.8 cm³/mol. The van der Waals surface area contributed by atoms with Crippen molar-refractivity contribution in [2.45, 2.75) is 45.4 Å². The normalized spacial score (nSPS) is 10.6. The van der Waals surface area contributed by atoms with E-state index in [1.165, 1.54) is 25.7 Å². The number of nitrogens with zero attached hydrogens (tertiary/aromatic N) is 2. The Morgan fingerprint density at radius 3 is 2.62 bits per heavy atom. The van der Waals surface area contributed by atoms with E-state index >= 15 is 0 Å². The number of unbranched alkanes of at least 4 members (excludes halogenated alkanes) is 4. The van der Waals surface area contributed by atoms with E-state index in [-0.39, 0.29) is 5.35 Å². The first-order valence-corrected chi connectivity index (χ1v) is 5.19. The van der Waals surface area contributed by atoms with E-state index in [9.17, 15) is 0 Å². The molecule has 13 heavy (non-hydrogen) atoms. The summed E-state index contributed by atoms with van der Waals surface area (Å²) in [7, 11) is 0. The number of hydrogen-bond donors (Lipinski definition) is 0. The standard InChI is InChI=1S/C9H15ClN2O/c1-2-3-4-5-6-7-8-11-9(10)13-12-8/h2-7H2,1H3. The summed E-state index contributed by atoms with van der Waals surface area (Å²) in [6.07, 6.45) is 7.11. The van der Waals surface area contributed by atoms with Gasteiger partial charge in [-0.05, 0) is 18.0 Å². The molecule has 0 bridgehead atoms. The van der Waals surface area contributed by atoms with Crippen molar-refractivity contribution in [1.82, 2.24) is 10.1 Å². The van der Waals surface area contributed by atoms with E-state index in [4.69, 9.17) is 11.6 Å². The zero-order valence-corrected chi connectivity index (χ0v) is 8.68. The van der Waals surface area contributed by atoms with E-state index in [0.717, 1.165) is 18.7 Å². The van der Waals surface area contributed by atoms with Crippen LogP contribution < -0.4 is 0 Å². The summed E-state index contributed by atoms with van der Waals surface area (Å²) in [5, 5.41) is 3.86. The largest absolute Gasteiger partial charge is 0.321 e. The van der Waals surface area contributed by atoms with Crippen LogP contribution in [0.4, 0.5) is 0 Å². The molecule has 1 rings (SSSR count). The van der Waals surface area contributed by atoms with Gasteiger partial charge in [0, 0.05) is 6.42 Å². The monoisotopic (exact) mass is 202 g/mol. The van der Waals surface area contributed by atoms with E-state index in [1.807, 2.05) is 0 Å². The first-order chi connectivity index (χ1) is 6.33. The molecule has 0 unspecified atom stereocenters. The molecule has 0 saturated carbocycles. The van der Waals surface area contributed by atoms with Crippen molar-refractivity contribution in [3.05, 3.63) is 11.2 Å². The van der Waals surface area contributed by atoms with E-state index in [1.54, 1.807) is 0 Å². The molecule has 3 nitrogen and oxygen atoms in total. The van der Waals surface area contributed by atoms with Gasteiger partial charge in [0.1, 0.15) is 0 Å². The minimum atomic E-state index is 0.142. The highest BCUT2D eigenvalue weighted by Crippen LogP contribution is 2.08. The summed E-state index contributed by atoms with van der Waals surface area (Å²) in [6, 6.07) is 0. The summed E-state index contributed by atoms with van der Waals surface area (Å²) in [5.41, 5.74) is 0. The fourth-order valence-corrected chi connectivity index (χ4v) is 1.35. The van der Waals surface area contributed by atoms with Crippen LogP contribution >= 0.6 is 11.6 Å². The molecule has 0 spiro atoms. The quantitative estimate of drug-likeness (QED) is 0.665. The highest BCUT2D eigenvalue weighted by Gasteiger charge is 2.01. The number of rotatable bonds is 6. The summed E-state index contributed by atoms with van der Waals surface area (Å²) in [4.78, 5) is 3.92. The van der Waals surface area contributed by atoms with E-state index in [2.05, 4.69) is 21.6 Å². The van der Waals surface area contributed by atoms with Crippen LogP contribution in [0.3, 0.4) is 0 Å². The van der Waals surface area contributed by atoms with Crippen LogP contribution in [0, 0.1) is 0 Å². The maximum atomic E-state index is 5.48. The Morgan fingerprint density at radius 1 is 1.23 bits per heavy atom. The maximum absolute atomic E-state index is 5.48. The minimum Gasteiger partial charge on any atom is -0.321 e. The second-order valence-electron chi connectivity index (χ2n) is 3.13. The maximum Gasteiger partial charge on any atom is 0.320 e. The van der Waals surface area contributed by atoms with Crippen molar-refractivity contribution in [3.8, 4) is 0 Å². The van der Waals surface area contributed by atoms with Gasteiger partial charge >= 0.3 is 5.35 Å². The second-order valence-corrected chi connectivity index (χ2v) is 3.45. The van der Waals surface area contributed by atoms with Gasteiger partial charge in [-0.1, -0.05) is 37.8 Å². The molecular weight excluding hydrogens is 188 g/mol. The lowest BCUT2D eigenvalue weighted by Gasteiger charge is -1.95. The molecule has 0 radical (unpaired) electrons. The van der Waals surface area contributed by atoms with Crippen LogP contribution in [0.5, 0.6) is 0 Å². The SMILES string of the molecule is CCCCCCCc1noc(Cl)n1. The molecule has 0 N–H and O–H groups in total. The molecule has 0 fully saturated rings. The number of hydrogen-bond acceptors (Lipinski definition) is 3. The van der Waals surface area contributed by atoms with Gasteiger partial charge in [0.2, 0.25) is 0 Å². The molecule has 0 amide bonds. The highest BCUT2D eigenvalue weighted by molar-refractivity contribution is 6.27. The van der Waals surface area contributed by atoms with Gasteiger partial charge in [0.05, 0.1) is 0 Å². The Kier molecular flexibility index (Phi) is 4.83. The lowest BCUT2D eigenvalue weighted by Crippen LogP contribution is -1.88. The van der Waals surface area contributed by atoms with E-state index in [0.29, 0.717) is 0 Å². The van der Waals surface area contributed by atoms with Crippen molar-refractivity contribution in [2.75, 3.05) is 0 Å². The van der Waals surface area contributed by atoms with Crippen LogP contribution in [-0.4, -0.2) is 10.1 Å². The summed E-state index contributed by atoms with van der Waals surface area (Å²) in [6.45, 7) is 2.21. The molecule has 0 aromatic carbocycles. The van der Waals surface area contributed by atoms with Crippen molar-refractivity contribution in [2.24, 2.45) is 0 Å². The van der Waals surface area contributed by atoms with Crippen molar-refractivity contribution >= 4 is 11.6 Å². The molecule has 1 aromatic heterocycles. The highest BCUT2D eigenvalue weighted by atomic mass is 35.5. The van der Waals surface area contributed by atoms with Gasteiger partial charge in [-0.15, -0.1) is 0 Å². The lowest BCUT2D eigenvalue weighted by atomic mass is 10.1. The smallest absolute Gasteiger partial charge is 0.320 e. The van der Waals surface area contributed by atoms with Crippen LogP contribution in [0.25, 0.3) is 0 Å². The third-order valence-electron chi connectivity index (χ3n) is 1.95. The van der Waals surface area contributed by atoms with Crippen LogP contribution in [-0.2, 0) is 6.42 Å². The minimum absolute atomic E-state index is 0.142. The molecule has 0 aliphatic rings. The summed E-state index contributed by atoms with van der Waals surface area (Å²) < 4.78 is 4.65. The molecular formula is C9H15ClN2O. The lowest BCUT2D eigenvalue weighted by molar-refractivity contribution is 0.410. The van der Waals surface area contributed by atoms with E-state index < -0.39 is 0 Å². The average Bonchev–Trinajstić information content (AvgIpc) is 2.51. The van der Waals surface area contributed by atoms with Crippen LogP contribution in [0.15, 0.2) is 4.52 Å². The van der Waals surface area contributed by atoms with Crippen molar-refractivity contribution in [1.29, 1.82) is 0 Å². The predicted octanol–water partition coefficient (Wildman–Crippen LogP) is 3.24. The molecule has 4 heteroatoms. The van der Waals surface area contributed by atoms with Crippen molar-refractivity contribution in [3.63, 3.8) is 0 Å². The second kappa shape index (κ2) is 5.97. The Morgan fingerprint density at radius 2 is 2.00 bits per heavy atom. The Balaban J connectivity index is 2.06. The number of halogens is 1. The zero-order valence-electron chi connectivity index (χ0n) is 7.92. The van der Waals surface area contributed by atoms with Gasteiger partial charge in [-0.25, -0.2) is 0 Å². The fourth-order valence-electron chi connectivity index (χ4n) is 1.22. The molecule has 0 saturated heterocycles. The van der Waals surface area contributed by atoms with Crippen LogP contribution in [0.1, 0.15) is 44.9 Å². The Bertz CT molecular complexity index is 237. The van der Waals surface area contributed by atoms with Crippen LogP contribution in [0.2, 0.25) is 5.35 Å². The van der Waals surface area contributed by atoms with Gasteiger partial charge in [0.25, 0.3) is 0 Å². The Hall–Kier alpha value is -0.570.